The second-order valence-corrected chi connectivity index (χ2v) is 4.18. The number of aryl methyl sites for hydroxylation is 1. The highest BCUT2D eigenvalue weighted by Gasteiger charge is 2.06. The topological polar surface area (TPSA) is 32.3 Å². The van der Waals surface area contributed by atoms with Crippen LogP contribution in [0.1, 0.15) is 26.3 Å². The van der Waals surface area contributed by atoms with Crippen LogP contribution in [0.2, 0.25) is 0 Å². The van der Waals surface area contributed by atoms with E-state index in [1.165, 1.54) is 0 Å². The van der Waals surface area contributed by atoms with Gasteiger partial charge in [-0.05, 0) is 31.4 Å². The number of benzene rings is 1. The SMILES string of the molecule is Cc1ccc(NC(C)C(C)C)cc1O. The van der Waals surface area contributed by atoms with Crippen LogP contribution in [0, 0.1) is 12.8 Å². The van der Waals surface area contributed by atoms with Gasteiger partial charge in [0.05, 0.1) is 0 Å². The zero-order valence-electron chi connectivity index (χ0n) is 9.33. The molecule has 0 fully saturated rings. The van der Waals surface area contributed by atoms with Gasteiger partial charge in [-0.3, -0.25) is 0 Å². The summed E-state index contributed by atoms with van der Waals surface area (Å²) >= 11 is 0. The molecular formula is C12H19NO. The van der Waals surface area contributed by atoms with Crippen molar-refractivity contribution in [2.24, 2.45) is 5.92 Å². The number of aromatic hydroxyl groups is 1. The molecule has 1 rings (SSSR count). The third-order valence-electron chi connectivity index (χ3n) is 2.60. The monoisotopic (exact) mass is 193 g/mol. The van der Waals surface area contributed by atoms with Crippen molar-refractivity contribution < 1.29 is 5.11 Å². The normalized spacial score (nSPS) is 12.9. The maximum absolute atomic E-state index is 9.51. The van der Waals surface area contributed by atoms with Gasteiger partial charge < -0.3 is 10.4 Å². The van der Waals surface area contributed by atoms with Gasteiger partial charge in [0.1, 0.15) is 5.75 Å². The number of phenols is 1. The summed E-state index contributed by atoms with van der Waals surface area (Å²) in [7, 11) is 0. The summed E-state index contributed by atoms with van der Waals surface area (Å²) in [5, 5.41) is 12.9. The highest BCUT2D eigenvalue weighted by Crippen LogP contribution is 2.22. The Bertz CT molecular complexity index is 307. The minimum atomic E-state index is 0.353. The van der Waals surface area contributed by atoms with E-state index in [2.05, 4.69) is 26.1 Å². The maximum atomic E-state index is 9.51. The Morgan fingerprint density at radius 2 is 1.86 bits per heavy atom. The van der Waals surface area contributed by atoms with Gasteiger partial charge in [0, 0.05) is 17.8 Å². The summed E-state index contributed by atoms with van der Waals surface area (Å²) in [6.07, 6.45) is 0. The maximum Gasteiger partial charge on any atom is 0.120 e. The van der Waals surface area contributed by atoms with E-state index in [0.717, 1.165) is 11.3 Å². The van der Waals surface area contributed by atoms with Crippen molar-refractivity contribution in [1.82, 2.24) is 0 Å². The fourth-order valence-electron chi connectivity index (χ4n) is 1.13. The van der Waals surface area contributed by atoms with Crippen LogP contribution >= 0.6 is 0 Å². The largest absolute Gasteiger partial charge is 0.508 e. The van der Waals surface area contributed by atoms with Crippen molar-refractivity contribution in [3.8, 4) is 5.75 Å². The summed E-state index contributed by atoms with van der Waals surface area (Å²) < 4.78 is 0. The quantitative estimate of drug-likeness (QED) is 0.772. The molecule has 1 aromatic carbocycles. The van der Waals surface area contributed by atoms with Gasteiger partial charge in [0.15, 0.2) is 0 Å². The van der Waals surface area contributed by atoms with Crippen LogP contribution < -0.4 is 5.32 Å². The molecule has 0 aliphatic heterocycles. The highest BCUT2D eigenvalue weighted by atomic mass is 16.3. The molecule has 0 aliphatic carbocycles. The Balaban J connectivity index is 2.73. The van der Waals surface area contributed by atoms with Crippen LogP contribution in [-0.2, 0) is 0 Å². The minimum Gasteiger partial charge on any atom is -0.508 e. The lowest BCUT2D eigenvalue weighted by atomic mass is 10.1. The minimum absolute atomic E-state index is 0.353. The van der Waals surface area contributed by atoms with Crippen LogP contribution in [0.4, 0.5) is 5.69 Å². The average molecular weight is 193 g/mol. The van der Waals surface area contributed by atoms with E-state index in [-0.39, 0.29) is 0 Å². The number of anilines is 1. The van der Waals surface area contributed by atoms with Crippen LogP contribution in [0.3, 0.4) is 0 Å². The van der Waals surface area contributed by atoms with Crippen LogP contribution in [0.15, 0.2) is 18.2 Å². The van der Waals surface area contributed by atoms with Gasteiger partial charge in [-0.25, -0.2) is 0 Å². The first-order chi connectivity index (χ1) is 6.50. The first kappa shape index (κ1) is 10.9. The molecule has 1 atom stereocenters. The molecule has 2 nitrogen and oxygen atoms in total. The van der Waals surface area contributed by atoms with Crippen molar-refractivity contribution in [3.63, 3.8) is 0 Å². The van der Waals surface area contributed by atoms with E-state index in [1.807, 2.05) is 19.1 Å². The summed E-state index contributed by atoms with van der Waals surface area (Å²) in [6.45, 7) is 8.38. The summed E-state index contributed by atoms with van der Waals surface area (Å²) in [5.41, 5.74) is 1.89. The number of nitrogens with one attached hydrogen (secondary N) is 1. The molecule has 1 unspecified atom stereocenters. The van der Waals surface area contributed by atoms with Crippen molar-refractivity contribution in [1.29, 1.82) is 0 Å². The van der Waals surface area contributed by atoms with E-state index >= 15 is 0 Å². The molecule has 0 spiro atoms. The van der Waals surface area contributed by atoms with Gasteiger partial charge in [0.2, 0.25) is 0 Å². The van der Waals surface area contributed by atoms with Gasteiger partial charge in [-0.2, -0.15) is 0 Å². The molecule has 0 radical (unpaired) electrons. The molecule has 2 heteroatoms. The molecule has 0 saturated heterocycles. The van der Waals surface area contributed by atoms with Crippen LogP contribution in [-0.4, -0.2) is 11.1 Å². The van der Waals surface area contributed by atoms with Crippen LogP contribution in [0.5, 0.6) is 5.75 Å². The van der Waals surface area contributed by atoms with E-state index in [4.69, 9.17) is 0 Å². The molecule has 0 saturated carbocycles. The first-order valence-corrected chi connectivity index (χ1v) is 5.07. The van der Waals surface area contributed by atoms with Crippen molar-refractivity contribution in [2.45, 2.75) is 33.7 Å². The zero-order valence-corrected chi connectivity index (χ0v) is 9.33. The third kappa shape index (κ3) is 2.66. The fraction of sp³-hybridized carbons (Fsp3) is 0.500. The smallest absolute Gasteiger partial charge is 0.120 e. The van der Waals surface area contributed by atoms with Crippen molar-refractivity contribution in [2.75, 3.05) is 5.32 Å². The van der Waals surface area contributed by atoms with Gasteiger partial charge in [-0.1, -0.05) is 19.9 Å². The average Bonchev–Trinajstić information content (AvgIpc) is 2.11. The lowest BCUT2D eigenvalue weighted by molar-refractivity contribution is 0.471. The second kappa shape index (κ2) is 4.36. The molecule has 2 N–H and O–H groups in total. The number of hydrogen-bond acceptors (Lipinski definition) is 2. The third-order valence-corrected chi connectivity index (χ3v) is 2.60. The lowest BCUT2D eigenvalue weighted by Gasteiger charge is -2.19. The fourth-order valence-corrected chi connectivity index (χ4v) is 1.13. The van der Waals surface area contributed by atoms with Crippen LogP contribution in [0.25, 0.3) is 0 Å². The Labute approximate surface area is 86.0 Å². The standard InChI is InChI=1S/C12H19NO/c1-8(2)10(4)13-11-6-5-9(3)12(14)7-11/h5-8,10,13-14H,1-4H3. The molecule has 0 heterocycles. The molecule has 14 heavy (non-hydrogen) atoms. The Morgan fingerprint density at radius 1 is 1.21 bits per heavy atom. The van der Waals surface area contributed by atoms with Gasteiger partial charge >= 0.3 is 0 Å². The first-order valence-electron chi connectivity index (χ1n) is 5.07. The number of rotatable bonds is 3. The summed E-state index contributed by atoms with van der Waals surface area (Å²) in [4.78, 5) is 0. The van der Waals surface area contributed by atoms with Crippen molar-refractivity contribution in [3.05, 3.63) is 23.8 Å². The molecule has 78 valence electrons. The predicted molar refractivity (Wildman–Crippen MR) is 60.8 cm³/mol. The molecule has 0 aromatic heterocycles. The molecule has 0 amide bonds. The lowest BCUT2D eigenvalue weighted by Crippen LogP contribution is -2.21. The molecule has 0 bridgehead atoms. The van der Waals surface area contributed by atoms with E-state index in [1.54, 1.807) is 6.07 Å². The predicted octanol–water partition coefficient (Wildman–Crippen LogP) is 3.16. The second-order valence-electron chi connectivity index (χ2n) is 4.18. The van der Waals surface area contributed by atoms with E-state index in [0.29, 0.717) is 17.7 Å². The Morgan fingerprint density at radius 3 is 2.36 bits per heavy atom. The van der Waals surface area contributed by atoms with E-state index < -0.39 is 0 Å². The summed E-state index contributed by atoms with van der Waals surface area (Å²) in [5.74, 6) is 0.935. The molecule has 0 aliphatic rings. The van der Waals surface area contributed by atoms with Gasteiger partial charge in [-0.15, -0.1) is 0 Å². The highest BCUT2D eigenvalue weighted by molar-refractivity contribution is 5.51. The van der Waals surface area contributed by atoms with Crippen molar-refractivity contribution >= 4 is 5.69 Å². The summed E-state index contributed by atoms with van der Waals surface area (Å²) in [6, 6.07) is 6.10. The molecule has 1 aromatic rings. The Hall–Kier alpha value is -1.18. The number of phenolic OH excluding ortho intramolecular Hbond substituents is 1. The Kier molecular flexibility index (Phi) is 3.39. The van der Waals surface area contributed by atoms with Gasteiger partial charge in [0.25, 0.3) is 0 Å². The molecular weight excluding hydrogens is 174 g/mol. The zero-order chi connectivity index (χ0) is 10.7. The van der Waals surface area contributed by atoms with E-state index in [9.17, 15) is 5.11 Å². The number of hydrogen-bond donors (Lipinski definition) is 2.